The lowest BCUT2D eigenvalue weighted by Gasteiger charge is -2.24. The van der Waals surface area contributed by atoms with Gasteiger partial charge in [-0.05, 0) is 86.7 Å². The number of benzene rings is 3. The first-order chi connectivity index (χ1) is 16.0. The Balaban J connectivity index is 1.86. The molecule has 5 nitrogen and oxygen atoms in total. The van der Waals surface area contributed by atoms with Gasteiger partial charge in [-0.15, -0.1) is 0 Å². The average Bonchev–Trinajstić information content (AvgIpc) is 2.76. The van der Waals surface area contributed by atoms with Crippen LogP contribution in [0.5, 0.6) is 0 Å². The first-order valence-corrected chi connectivity index (χ1v) is 13.0. The van der Waals surface area contributed by atoms with E-state index < -0.39 is 10.0 Å². The molecule has 0 radical (unpaired) electrons. The van der Waals surface area contributed by atoms with E-state index in [1.165, 1.54) is 34.1 Å². The third-order valence-electron chi connectivity index (χ3n) is 5.94. The summed E-state index contributed by atoms with van der Waals surface area (Å²) in [5.41, 5.74) is 6.27. The zero-order valence-electron chi connectivity index (χ0n) is 20.2. The fourth-order valence-corrected chi connectivity index (χ4v) is 5.48. The van der Waals surface area contributed by atoms with Crippen LogP contribution in [0.3, 0.4) is 0 Å². The standard InChI is InChI=1S/C27H31ClN2O3S/c1-18-7-6-8-23(13-18)16-30(34(32,33)25-11-9-24(28)10-12-25)17-27(31)29-22(5)26-15-20(3)19(2)14-21(26)4/h6-15,22H,16-17H2,1-5H3,(H,29,31)/t22-/m1/s1. The molecule has 0 aromatic heterocycles. The van der Waals surface area contributed by atoms with Crippen LogP contribution < -0.4 is 5.32 Å². The smallest absolute Gasteiger partial charge is 0.243 e. The largest absolute Gasteiger partial charge is 0.348 e. The molecule has 0 bridgehead atoms. The summed E-state index contributed by atoms with van der Waals surface area (Å²) in [5.74, 6) is -0.365. The van der Waals surface area contributed by atoms with Crippen LogP contribution in [0.2, 0.25) is 5.02 Å². The van der Waals surface area contributed by atoms with Crippen molar-refractivity contribution >= 4 is 27.5 Å². The molecule has 1 amide bonds. The van der Waals surface area contributed by atoms with Gasteiger partial charge in [-0.25, -0.2) is 8.42 Å². The van der Waals surface area contributed by atoms with E-state index in [-0.39, 0.29) is 29.9 Å². The number of nitrogens with zero attached hydrogens (tertiary/aromatic N) is 1. The monoisotopic (exact) mass is 498 g/mol. The first kappa shape index (κ1) is 25.9. The van der Waals surface area contributed by atoms with Gasteiger partial charge in [0.25, 0.3) is 0 Å². The molecule has 0 heterocycles. The van der Waals surface area contributed by atoms with Crippen LogP contribution in [0, 0.1) is 27.7 Å². The second kappa shape index (κ2) is 10.7. The summed E-state index contributed by atoms with van der Waals surface area (Å²) in [6.07, 6.45) is 0. The van der Waals surface area contributed by atoms with E-state index in [0.717, 1.165) is 27.8 Å². The number of hydrogen-bond acceptors (Lipinski definition) is 3. The third kappa shape index (κ3) is 6.26. The molecule has 0 fully saturated rings. The van der Waals surface area contributed by atoms with Gasteiger partial charge in [-0.3, -0.25) is 4.79 Å². The Morgan fingerprint density at radius 2 is 1.59 bits per heavy atom. The van der Waals surface area contributed by atoms with Gasteiger partial charge >= 0.3 is 0 Å². The number of sulfonamides is 1. The average molecular weight is 499 g/mol. The van der Waals surface area contributed by atoms with Gasteiger partial charge in [0, 0.05) is 11.6 Å². The van der Waals surface area contributed by atoms with Crippen LogP contribution in [-0.4, -0.2) is 25.2 Å². The minimum atomic E-state index is -3.93. The van der Waals surface area contributed by atoms with Crippen molar-refractivity contribution in [2.45, 2.75) is 52.1 Å². The fraction of sp³-hybridized carbons (Fsp3) is 0.296. The van der Waals surface area contributed by atoms with E-state index >= 15 is 0 Å². The molecule has 180 valence electrons. The molecule has 0 aliphatic heterocycles. The summed E-state index contributed by atoms with van der Waals surface area (Å²) in [6.45, 7) is 9.74. The van der Waals surface area contributed by atoms with Crippen LogP contribution in [0.1, 0.15) is 46.3 Å². The van der Waals surface area contributed by atoms with E-state index in [0.29, 0.717) is 5.02 Å². The van der Waals surface area contributed by atoms with Crippen LogP contribution in [0.25, 0.3) is 0 Å². The van der Waals surface area contributed by atoms with Gasteiger partial charge < -0.3 is 5.32 Å². The van der Waals surface area contributed by atoms with Crippen molar-refractivity contribution in [3.05, 3.63) is 99.1 Å². The molecular weight excluding hydrogens is 468 g/mol. The second-order valence-electron chi connectivity index (χ2n) is 8.80. The molecule has 1 N–H and O–H groups in total. The summed E-state index contributed by atoms with van der Waals surface area (Å²) in [6, 6.07) is 17.5. The molecule has 0 aliphatic carbocycles. The Hall–Kier alpha value is -2.67. The predicted octanol–water partition coefficient (Wildman–Crippen LogP) is 5.64. The van der Waals surface area contributed by atoms with Crippen LogP contribution >= 0.6 is 11.6 Å². The van der Waals surface area contributed by atoms with Gasteiger partial charge in [0.05, 0.1) is 17.5 Å². The Kier molecular flexibility index (Phi) is 8.18. The molecule has 0 saturated carbocycles. The molecular formula is C27H31ClN2O3S. The molecule has 1 atom stereocenters. The predicted molar refractivity (Wildman–Crippen MR) is 137 cm³/mol. The Morgan fingerprint density at radius 3 is 2.24 bits per heavy atom. The van der Waals surface area contributed by atoms with Gasteiger partial charge in [0.15, 0.2) is 0 Å². The van der Waals surface area contributed by atoms with Crippen molar-refractivity contribution in [3.8, 4) is 0 Å². The summed E-state index contributed by atoms with van der Waals surface area (Å²) < 4.78 is 28.1. The maximum Gasteiger partial charge on any atom is 0.243 e. The normalized spacial score (nSPS) is 12.6. The lowest BCUT2D eigenvalue weighted by atomic mass is 9.96. The van der Waals surface area contributed by atoms with E-state index in [9.17, 15) is 13.2 Å². The molecule has 0 aliphatic rings. The van der Waals surface area contributed by atoms with Crippen molar-refractivity contribution < 1.29 is 13.2 Å². The van der Waals surface area contributed by atoms with Crippen molar-refractivity contribution in [2.75, 3.05) is 6.54 Å². The van der Waals surface area contributed by atoms with Gasteiger partial charge in [0.2, 0.25) is 15.9 Å². The molecule has 3 rings (SSSR count). The Morgan fingerprint density at radius 1 is 0.941 bits per heavy atom. The highest BCUT2D eigenvalue weighted by molar-refractivity contribution is 7.89. The molecule has 3 aromatic rings. The number of amides is 1. The van der Waals surface area contributed by atoms with Gasteiger partial charge in [0.1, 0.15) is 0 Å². The number of aryl methyl sites for hydroxylation is 4. The Labute approximate surface area is 207 Å². The topological polar surface area (TPSA) is 66.5 Å². The number of nitrogens with one attached hydrogen (secondary N) is 1. The summed E-state index contributed by atoms with van der Waals surface area (Å²) >= 11 is 5.95. The van der Waals surface area contributed by atoms with Crippen LogP contribution in [0.15, 0.2) is 65.6 Å². The minimum Gasteiger partial charge on any atom is -0.348 e. The lowest BCUT2D eigenvalue weighted by molar-refractivity contribution is -0.122. The van der Waals surface area contributed by atoms with Crippen molar-refractivity contribution in [1.29, 1.82) is 0 Å². The Bertz CT molecular complexity index is 1290. The van der Waals surface area contributed by atoms with Crippen LogP contribution in [-0.2, 0) is 21.4 Å². The molecule has 34 heavy (non-hydrogen) atoms. The number of halogens is 1. The highest BCUT2D eigenvalue weighted by atomic mass is 35.5. The SMILES string of the molecule is Cc1cccc(CN(CC(=O)N[C@H](C)c2cc(C)c(C)cc2C)S(=O)(=O)c2ccc(Cl)cc2)c1. The van der Waals surface area contributed by atoms with E-state index in [1.807, 2.05) is 52.0 Å². The van der Waals surface area contributed by atoms with Crippen LogP contribution in [0.4, 0.5) is 0 Å². The third-order valence-corrected chi connectivity index (χ3v) is 8.00. The fourth-order valence-electron chi connectivity index (χ4n) is 3.97. The minimum absolute atomic E-state index is 0.0805. The zero-order valence-corrected chi connectivity index (χ0v) is 21.8. The maximum atomic E-state index is 13.5. The molecule has 7 heteroatoms. The number of hydrogen-bond donors (Lipinski definition) is 1. The summed E-state index contributed by atoms with van der Waals surface area (Å²) in [5, 5.41) is 3.42. The summed E-state index contributed by atoms with van der Waals surface area (Å²) in [7, 11) is -3.93. The number of rotatable bonds is 8. The zero-order chi connectivity index (χ0) is 25.0. The van der Waals surface area contributed by atoms with E-state index in [2.05, 4.69) is 24.4 Å². The molecule has 0 saturated heterocycles. The van der Waals surface area contributed by atoms with Crippen molar-refractivity contribution in [3.63, 3.8) is 0 Å². The van der Waals surface area contributed by atoms with Gasteiger partial charge in [-0.2, -0.15) is 4.31 Å². The quantitative estimate of drug-likeness (QED) is 0.437. The highest BCUT2D eigenvalue weighted by Gasteiger charge is 2.27. The molecule has 0 spiro atoms. The number of carbonyl (C=O) groups is 1. The first-order valence-electron chi connectivity index (χ1n) is 11.2. The van der Waals surface area contributed by atoms with E-state index in [4.69, 9.17) is 11.6 Å². The van der Waals surface area contributed by atoms with Crippen molar-refractivity contribution in [1.82, 2.24) is 9.62 Å². The molecule has 3 aromatic carbocycles. The second-order valence-corrected chi connectivity index (χ2v) is 11.2. The molecule has 0 unspecified atom stereocenters. The number of carbonyl (C=O) groups excluding carboxylic acids is 1. The highest BCUT2D eigenvalue weighted by Crippen LogP contribution is 2.23. The van der Waals surface area contributed by atoms with Gasteiger partial charge in [-0.1, -0.05) is 53.6 Å². The summed E-state index contributed by atoms with van der Waals surface area (Å²) in [4.78, 5) is 13.1. The van der Waals surface area contributed by atoms with E-state index in [1.54, 1.807) is 0 Å². The van der Waals surface area contributed by atoms with Crippen molar-refractivity contribution in [2.24, 2.45) is 0 Å². The lowest BCUT2D eigenvalue weighted by Crippen LogP contribution is -2.41. The maximum absolute atomic E-state index is 13.5.